The van der Waals surface area contributed by atoms with Gasteiger partial charge in [0.1, 0.15) is 5.82 Å². The SMILES string of the molecule is Cn1cncc1N.O=[N+]([O-])c1cc([N+](=O)[O-])c(O)c([N+](=O)[O-])c1. The van der Waals surface area contributed by atoms with E-state index in [1.807, 2.05) is 7.05 Å². The molecule has 0 aliphatic heterocycles. The number of phenolic OH excluding ortho intramolecular Hbond substituents is 1. The molecule has 0 radical (unpaired) electrons. The lowest BCUT2D eigenvalue weighted by molar-refractivity contribution is -0.404. The van der Waals surface area contributed by atoms with E-state index in [-0.39, 0.29) is 0 Å². The Morgan fingerprint density at radius 3 is 1.78 bits per heavy atom. The van der Waals surface area contributed by atoms with Crippen LogP contribution < -0.4 is 5.73 Å². The lowest BCUT2D eigenvalue weighted by Gasteiger charge is -1.97. The fourth-order valence-corrected chi connectivity index (χ4v) is 1.34. The molecule has 3 N–H and O–H groups in total. The number of anilines is 1. The maximum absolute atomic E-state index is 10.4. The summed E-state index contributed by atoms with van der Waals surface area (Å²) in [6, 6.07) is 0.894. The number of imidazole rings is 1. The van der Waals surface area contributed by atoms with E-state index in [1.54, 1.807) is 17.1 Å². The molecule has 122 valence electrons. The van der Waals surface area contributed by atoms with Gasteiger partial charge in [-0.2, -0.15) is 0 Å². The van der Waals surface area contributed by atoms with E-state index >= 15 is 0 Å². The number of non-ortho nitro benzene ring substituents is 1. The first-order chi connectivity index (χ1) is 10.6. The first-order valence-corrected chi connectivity index (χ1v) is 5.67. The molecular formula is C10H10N6O7. The molecule has 13 nitrogen and oxygen atoms in total. The normalized spacial score (nSPS) is 9.61. The van der Waals surface area contributed by atoms with Gasteiger partial charge in [-0.05, 0) is 0 Å². The van der Waals surface area contributed by atoms with E-state index in [0.29, 0.717) is 18.0 Å². The maximum Gasteiger partial charge on any atom is 0.324 e. The van der Waals surface area contributed by atoms with Crippen molar-refractivity contribution >= 4 is 22.9 Å². The summed E-state index contributed by atoms with van der Waals surface area (Å²) in [7, 11) is 1.85. The Balaban J connectivity index is 0.000000313. The largest absolute Gasteiger partial charge is 0.497 e. The van der Waals surface area contributed by atoms with Gasteiger partial charge < -0.3 is 15.4 Å². The standard InChI is InChI=1S/C6H3N3O7.C4H7N3/c10-6-4(8(13)14)1-3(7(11)12)2-5(6)9(15)16;1-7-3-6-2-4(7)5/h1-2,10H;2-3H,5H2,1H3. The Morgan fingerprint density at radius 1 is 1.09 bits per heavy atom. The highest BCUT2D eigenvalue weighted by molar-refractivity contribution is 5.64. The summed E-state index contributed by atoms with van der Waals surface area (Å²) in [6.45, 7) is 0. The zero-order valence-electron chi connectivity index (χ0n) is 11.5. The first-order valence-electron chi connectivity index (χ1n) is 5.67. The van der Waals surface area contributed by atoms with Crippen LogP contribution in [-0.4, -0.2) is 29.4 Å². The molecule has 0 saturated heterocycles. The van der Waals surface area contributed by atoms with Gasteiger partial charge in [-0.1, -0.05) is 0 Å². The number of rotatable bonds is 3. The van der Waals surface area contributed by atoms with Crippen LogP contribution in [0.2, 0.25) is 0 Å². The fraction of sp³-hybridized carbons (Fsp3) is 0.100. The number of benzene rings is 1. The summed E-state index contributed by atoms with van der Waals surface area (Å²) in [5.41, 5.74) is 2.34. The quantitative estimate of drug-likeness (QED) is 0.613. The summed E-state index contributed by atoms with van der Waals surface area (Å²) in [6.07, 6.45) is 3.27. The van der Waals surface area contributed by atoms with Crippen molar-refractivity contribution in [1.29, 1.82) is 0 Å². The van der Waals surface area contributed by atoms with Crippen molar-refractivity contribution in [2.75, 3.05) is 5.73 Å². The summed E-state index contributed by atoms with van der Waals surface area (Å²) in [5.74, 6) is -0.513. The van der Waals surface area contributed by atoms with Gasteiger partial charge in [-0.25, -0.2) is 4.98 Å². The molecule has 0 unspecified atom stereocenters. The maximum atomic E-state index is 10.4. The second-order valence-electron chi connectivity index (χ2n) is 4.03. The second kappa shape index (κ2) is 6.79. The van der Waals surface area contributed by atoms with Crippen molar-refractivity contribution in [3.05, 3.63) is 55.0 Å². The zero-order chi connectivity index (χ0) is 17.7. The molecule has 0 aliphatic rings. The lowest BCUT2D eigenvalue weighted by atomic mass is 10.2. The topological polar surface area (TPSA) is 193 Å². The molecule has 0 atom stereocenters. The number of hydrogen-bond acceptors (Lipinski definition) is 9. The smallest absolute Gasteiger partial charge is 0.324 e. The average Bonchev–Trinajstić information content (AvgIpc) is 2.82. The Hall–Kier alpha value is -3.77. The summed E-state index contributed by atoms with van der Waals surface area (Å²) >= 11 is 0. The number of aromatic hydroxyl groups is 1. The zero-order valence-corrected chi connectivity index (χ0v) is 11.5. The Bertz CT molecular complexity index is 719. The molecule has 0 amide bonds. The highest BCUT2D eigenvalue weighted by Crippen LogP contribution is 2.38. The molecule has 13 heteroatoms. The highest BCUT2D eigenvalue weighted by Gasteiger charge is 2.30. The van der Waals surface area contributed by atoms with Crippen molar-refractivity contribution in [1.82, 2.24) is 9.55 Å². The molecule has 1 aromatic carbocycles. The van der Waals surface area contributed by atoms with E-state index in [0.717, 1.165) is 0 Å². The third-order valence-corrected chi connectivity index (χ3v) is 2.51. The summed E-state index contributed by atoms with van der Waals surface area (Å²) in [4.78, 5) is 31.5. The third-order valence-electron chi connectivity index (χ3n) is 2.51. The second-order valence-corrected chi connectivity index (χ2v) is 4.03. The minimum absolute atomic E-state index is 0.447. The number of nitro groups is 3. The van der Waals surface area contributed by atoms with Crippen molar-refractivity contribution in [2.24, 2.45) is 7.05 Å². The number of phenols is 1. The van der Waals surface area contributed by atoms with Gasteiger partial charge >= 0.3 is 11.4 Å². The predicted octanol–water partition coefficient (Wildman–Crippen LogP) is 1.12. The van der Waals surface area contributed by atoms with Crippen molar-refractivity contribution in [3.63, 3.8) is 0 Å². The van der Waals surface area contributed by atoms with Crippen molar-refractivity contribution < 1.29 is 19.9 Å². The van der Waals surface area contributed by atoms with Crippen LogP contribution >= 0.6 is 0 Å². The molecule has 1 heterocycles. The number of hydrogen-bond donors (Lipinski definition) is 2. The van der Waals surface area contributed by atoms with Gasteiger partial charge in [0.25, 0.3) is 11.4 Å². The summed E-state index contributed by atoms with van der Waals surface area (Å²) in [5, 5.41) is 40.2. The molecule has 0 spiro atoms. The van der Waals surface area contributed by atoms with E-state index in [4.69, 9.17) is 10.8 Å². The Labute approximate surface area is 127 Å². The van der Waals surface area contributed by atoms with E-state index < -0.39 is 37.6 Å². The van der Waals surface area contributed by atoms with Gasteiger partial charge in [0.2, 0.25) is 0 Å². The highest BCUT2D eigenvalue weighted by atomic mass is 16.6. The van der Waals surface area contributed by atoms with Crippen LogP contribution in [0.25, 0.3) is 0 Å². The van der Waals surface area contributed by atoms with Gasteiger partial charge in [0, 0.05) is 7.05 Å². The lowest BCUT2D eigenvalue weighted by Crippen LogP contribution is -1.97. The van der Waals surface area contributed by atoms with Crippen LogP contribution in [-0.2, 0) is 7.05 Å². The molecule has 2 rings (SSSR count). The molecule has 0 saturated carbocycles. The van der Waals surface area contributed by atoms with Crippen molar-refractivity contribution in [3.8, 4) is 5.75 Å². The van der Waals surface area contributed by atoms with Crippen LogP contribution in [0.3, 0.4) is 0 Å². The first kappa shape index (κ1) is 17.3. The van der Waals surface area contributed by atoms with Crippen LogP contribution in [0.5, 0.6) is 5.75 Å². The van der Waals surface area contributed by atoms with Crippen LogP contribution in [0.15, 0.2) is 24.7 Å². The number of nitrogens with zero attached hydrogens (tertiary/aromatic N) is 5. The number of nitrogens with two attached hydrogens (primary N) is 1. The molecule has 1 aromatic heterocycles. The van der Waals surface area contributed by atoms with Crippen LogP contribution in [0.1, 0.15) is 0 Å². The number of aryl methyl sites for hydroxylation is 1. The predicted molar refractivity (Wildman–Crippen MR) is 75.7 cm³/mol. The van der Waals surface area contributed by atoms with Gasteiger partial charge in [-0.3, -0.25) is 30.3 Å². The van der Waals surface area contributed by atoms with Gasteiger partial charge in [-0.15, -0.1) is 0 Å². The number of aromatic nitrogens is 2. The van der Waals surface area contributed by atoms with Gasteiger partial charge in [0.05, 0.1) is 39.4 Å². The minimum Gasteiger partial charge on any atom is -0.497 e. The van der Waals surface area contributed by atoms with Crippen molar-refractivity contribution in [2.45, 2.75) is 0 Å². The molecule has 0 fully saturated rings. The fourth-order valence-electron chi connectivity index (χ4n) is 1.34. The van der Waals surface area contributed by atoms with Crippen LogP contribution in [0.4, 0.5) is 22.9 Å². The Morgan fingerprint density at radius 2 is 1.57 bits per heavy atom. The molecule has 0 bridgehead atoms. The van der Waals surface area contributed by atoms with E-state index in [9.17, 15) is 30.3 Å². The van der Waals surface area contributed by atoms with Crippen LogP contribution in [0, 0.1) is 30.3 Å². The van der Waals surface area contributed by atoms with E-state index in [1.165, 1.54) is 0 Å². The Kier molecular flexibility index (Phi) is 5.10. The number of nitro benzene ring substituents is 3. The monoisotopic (exact) mass is 326 g/mol. The van der Waals surface area contributed by atoms with Gasteiger partial charge in [0.15, 0.2) is 0 Å². The molecular weight excluding hydrogens is 316 g/mol. The summed E-state index contributed by atoms with van der Waals surface area (Å²) < 4.78 is 1.75. The average molecular weight is 326 g/mol. The third kappa shape index (κ3) is 4.10. The number of nitrogen functional groups attached to an aromatic ring is 1. The van der Waals surface area contributed by atoms with E-state index in [2.05, 4.69) is 4.98 Å². The molecule has 2 aromatic rings. The molecule has 0 aliphatic carbocycles. The molecule has 23 heavy (non-hydrogen) atoms. The minimum atomic E-state index is -1.21.